The average molecular weight is 334 g/mol. The van der Waals surface area contributed by atoms with Gasteiger partial charge in [0.1, 0.15) is 0 Å². The summed E-state index contributed by atoms with van der Waals surface area (Å²) in [6, 6.07) is 19.1. The maximum atomic E-state index is 5.44. The highest BCUT2D eigenvalue weighted by Crippen LogP contribution is 2.30. The zero-order valence-corrected chi connectivity index (χ0v) is 14.6. The molecule has 0 unspecified atom stereocenters. The highest BCUT2D eigenvalue weighted by atomic mass is 16.5. The molecule has 2 aromatic carbocycles. The van der Waals surface area contributed by atoms with Crippen molar-refractivity contribution in [2.75, 3.05) is 14.2 Å². The number of benzene rings is 2. The lowest BCUT2D eigenvalue weighted by Crippen LogP contribution is -2.21. The Morgan fingerprint density at radius 2 is 1.72 bits per heavy atom. The number of nitrogens with zero attached hydrogens (tertiary/aromatic N) is 2. The molecule has 4 rings (SSSR count). The van der Waals surface area contributed by atoms with Gasteiger partial charge in [0.15, 0.2) is 11.5 Å². The molecule has 4 heteroatoms. The third-order valence-electron chi connectivity index (χ3n) is 4.72. The van der Waals surface area contributed by atoms with Gasteiger partial charge in [-0.1, -0.05) is 24.3 Å². The van der Waals surface area contributed by atoms with Gasteiger partial charge in [-0.3, -0.25) is 4.90 Å². The average Bonchev–Trinajstić information content (AvgIpc) is 3.04. The van der Waals surface area contributed by atoms with E-state index in [1.807, 2.05) is 6.07 Å². The van der Waals surface area contributed by atoms with E-state index in [1.165, 1.54) is 22.5 Å². The van der Waals surface area contributed by atoms with E-state index in [0.29, 0.717) is 0 Å². The van der Waals surface area contributed by atoms with Crippen LogP contribution in [0.5, 0.6) is 11.5 Å². The van der Waals surface area contributed by atoms with E-state index in [1.54, 1.807) is 14.2 Å². The largest absolute Gasteiger partial charge is 0.493 e. The van der Waals surface area contributed by atoms with Gasteiger partial charge in [0.05, 0.1) is 14.2 Å². The third-order valence-corrected chi connectivity index (χ3v) is 4.72. The van der Waals surface area contributed by atoms with E-state index < -0.39 is 0 Å². The Morgan fingerprint density at radius 3 is 2.56 bits per heavy atom. The molecule has 0 bridgehead atoms. The molecule has 4 nitrogen and oxygen atoms in total. The molecule has 1 aliphatic rings. The van der Waals surface area contributed by atoms with Crippen molar-refractivity contribution in [3.8, 4) is 17.2 Å². The lowest BCUT2D eigenvalue weighted by Gasteiger charge is -2.21. The first-order valence-corrected chi connectivity index (χ1v) is 8.46. The van der Waals surface area contributed by atoms with Crippen molar-refractivity contribution in [2.24, 2.45) is 0 Å². The molecule has 0 spiro atoms. The van der Waals surface area contributed by atoms with Gasteiger partial charge in [-0.25, -0.2) is 0 Å². The molecule has 2 heterocycles. The van der Waals surface area contributed by atoms with Gasteiger partial charge < -0.3 is 14.0 Å². The summed E-state index contributed by atoms with van der Waals surface area (Å²) < 4.78 is 13.1. The van der Waals surface area contributed by atoms with Crippen LogP contribution in [0.15, 0.2) is 60.8 Å². The first-order chi connectivity index (χ1) is 12.3. The van der Waals surface area contributed by atoms with Crippen molar-refractivity contribution in [1.29, 1.82) is 0 Å². The van der Waals surface area contributed by atoms with Crippen LogP contribution in [0, 0.1) is 0 Å². The summed E-state index contributed by atoms with van der Waals surface area (Å²) in [5.41, 5.74) is 5.15. The topological polar surface area (TPSA) is 26.6 Å². The normalized spacial score (nSPS) is 13.7. The van der Waals surface area contributed by atoms with Crippen molar-refractivity contribution in [1.82, 2.24) is 9.47 Å². The highest BCUT2D eigenvalue weighted by Gasteiger charge is 2.19. The number of para-hydroxylation sites is 1. The minimum absolute atomic E-state index is 0.765. The van der Waals surface area contributed by atoms with Crippen molar-refractivity contribution < 1.29 is 9.47 Å². The smallest absolute Gasteiger partial charge is 0.161 e. The Hall–Kier alpha value is -2.72. The molecular formula is C21H22N2O2. The van der Waals surface area contributed by atoms with Crippen LogP contribution in [0.25, 0.3) is 5.69 Å². The first-order valence-electron chi connectivity index (χ1n) is 8.46. The van der Waals surface area contributed by atoms with Gasteiger partial charge in [0.25, 0.3) is 0 Å². The Bertz CT molecular complexity index is 885. The second-order valence-corrected chi connectivity index (χ2v) is 6.33. The zero-order valence-electron chi connectivity index (χ0n) is 14.6. The van der Waals surface area contributed by atoms with Crippen LogP contribution >= 0.6 is 0 Å². The molecule has 1 aromatic heterocycles. The lowest BCUT2D eigenvalue weighted by molar-refractivity contribution is 0.248. The fourth-order valence-electron chi connectivity index (χ4n) is 3.53. The zero-order chi connectivity index (χ0) is 17.2. The molecule has 0 fully saturated rings. The molecule has 0 atom stereocenters. The van der Waals surface area contributed by atoms with E-state index >= 15 is 0 Å². The monoisotopic (exact) mass is 334 g/mol. The van der Waals surface area contributed by atoms with Gasteiger partial charge >= 0.3 is 0 Å². The number of rotatable bonds is 4. The fourth-order valence-corrected chi connectivity index (χ4v) is 3.53. The summed E-state index contributed by atoms with van der Waals surface area (Å²) in [7, 11) is 3.34. The number of aromatic nitrogens is 1. The number of hydrogen-bond donors (Lipinski definition) is 0. The molecule has 25 heavy (non-hydrogen) atoms. The lowest BCUT2D eigenvalue weighted by atomic mass is 10.1. The predicted molar refractivity (Wildman–Crippen MR) is 98.3 cm³/mol. The van der Waals surface area contributed by atoms with Crippen molar-refractivity contribution in [2.45, 2.75) is 19.6 Å². The Kier molecular flexibility index (Phi) is 4.20. The minimum Gasteiger partial charge on any atom is -0.493 e. The van der Waals surface area contributed by atoms with E-state index in [0.717, 1.165) is 31.1 Å². The predicted octanol–water partition coefficient (Wildman–Crippen LogP) is 4.01. The van der Waals surface area contributed by atoms with E-state index in [-0.39, 0.29) is 0 Å². The summed E-state index contributed by atoms with van der Waals surface area (Å²) in [5.74, 6) is 1.54. The maximum Gasteiger partial charge on any atom is 0.161 e. The van der Waals surface area contributed by atoms with Crippen LogP contribution in [0.2, 0.25) is 0 Å². The molecule has 0 aliphatic carbocycles. The van der Waals surface area contributed by atoms with Crippen molar-refractivity contribution >= 4 is 0 Å². The molecule has 0 N–H and O–H groups in total. The summed E-state index contributed by atoms with van der Waals surface area (Å²) >= 11 is 0. The Labute approximate surface area is 148 Å². The van der Waals surface area contributed by atoms with E-state index in [9.17, 15) is 0 Å². The van der Waals surface area contributed by atoms with Crippen molar-refractivity contribution in [3.05, 3.63) is 77.6 Å². The summed E-state index contributed by atoms with van der Waals surface area (Å²) in [6.45, 7) is 2.70. The molecule has 128 valence electrons. The minimum atomic E-state index is 0.765. The van der Waals surface area contributed by atoms with Crippen LogP contribution in [-0.2, 0) is 19.6 Å². The van der Waals surface area contributed by atoms with Crippen LogP contribution in [0.1, 0.15) is 16.8 Å². The molecule has 3 aromatic rings. The maximum absolute atomic E-state index is 5.44. The molecule has 1 aliphatic heterocycles. The number of fused-ring (bicyclic) bond motifs is 3. The highest BCUT2D eigenvalue weighted by molar-refractivity contribution is 5.45. The molecule has 0 saturated heterocycles. The van der Waals surface area contributed by atoms with Gasteiger partial charge in [-0.15, -0.1) is 0 Å². The Morgan fingerprint density at radius 1 is 0.880 bits per heavy atom. The van der Waals surface area contributed by atoms with Gasteiger partial charge in [-0.05, 0) is 41.5 Å². The summed E-state index contributed by atoms with van der Waals surface area (Å²) in [6.07, 6.45) is 2.15. The van der Waals surface area contributed by atoms with Crippen LogP contribution in [0.4, 0.5) is 0 Å². The van der Waals surface area contributed by atoms with E-state index in [4.69, 9.17) is 9.47 Å². The first kappa shape index (κ1) is 15.8. The van der Waals surface area contributed by atoms with Crippen molar-refractivity contribution in [3.63, 3.8) is 0 Å². The quantitative estimate of drug-likeness (QED) is 0.721. The van der Waals surface area contributed by atoms with Crippen LogP contribution in [-0.4, -0.2) is 23.7 Å². The summed E-state index contributed by atoms with van der Waals surface area (Å²) in [5, 5.41) is 0. The van der Waals surface area contributed by atoms with E-state index in [2.05, 4.69) is 64.2 Å². The summed E-state index contributed by atoms with van der Waals surface area (Å²) in [4.78, 5) is 2.46. The second kappa shape index (κ2) is 6.65. The number of ether oxygens (including phenoxy) is 2. The van der Waals surface area contributed by atoms with Crippen LogP contribution in [0.3, 0.4) is 0 Å². The number of hydrogen-bond acceptors (Lipinski definition) is 3. The van der Waals surface area contributed by atoms with Crippen LogP contribution < -0.4 is 9.47 Å². The molecule has 0 amide bonds. The van der Waals surface area contributed by atoms with Gasteiger partial charge in [0, 0.05) is 37.2 Å². The molecular weight excluding hydrogens is 312 g/mol. The second-order valence-electron chi connectivity index (χ2n) is 6.33. The van der Waals surface area contributed by atoms with Gasteiger partial charge in [0.2, 0.25) is 0 Å². The SMILES string of the molecule is COc1ccc(CN2Cc3ccccc3-n3cccc3C2)cc1OC. The fraction of sp³-hybridized carbons (Fsp3) is 0.238. The molecule has 0 radical (unpaired) electrons. The number of methoxy groups -OCH3 is 2. The molecule has 0 saturated carbocycles. The third kappa shape index (κ3) is 3.01. The van der Waals surface area contributed by atoms with Gasteiger partial charge in [-0.2, -0.15) is 0 Å². The Balaban J connectivity index is 1.65. The standard InChI is InChI=1S/C21H22N2O2/c1-24-20-10-9-16(12-21(20)25-2)13-22-14-17-6-3-4-8-19(17)23-11-5-7-18(23)15-22/h3-12H,13-15H2,1-2H3.